The molecule has 1 aromatic carbocycles. The second kappa shape index (κ2) is 4.33. The Morgan fingerprint density at radius 2 is 2.21 bits per heavy atom. The van der Waals surface area contributed by atoms with Gasteiger partial charge in [-0.2, -0.15) is 5.10 Å². The predicted octanol–water partition coefficient (Wildman–Crippen LogP) is 2.00. The van der Waals surface area contributed by atoms with Gasteiger partial charge in [0.1, 0.15) is 12.1 Å². The molecule has 0 amide bonds. The summed E-state index contributed by atoms with van der Waals surface area (Å²) in [7, 11) is 0. The zero-order valence-electron chi connectivity index (χ0n) is 9.57. The molecule has 2 N–H and O–H groups in total. The van der Waals surface area contributed by atoms with Gasteiger partial charge in [0.2, 0.25) is 0 Å². The molecule has 0 unspecified atom stereocenters. The summed E-state index contributed by atoms with van der Waals surface area (Å²) in [5.74, 6) is 0.541. The lowest BCUT2D eigenvalue weighted by Crippen LogP contribution is -1.96. The van der Waals surface area contributed by atoms with Crippen molar-refractivity contribution in [3.8, 4) is 0 Å². The predicted molar refractivity (Wildman–Crippen MR) is 68.1 cm³/mol. The van der Waals surface area contributed by atoms with Gasteiger partial charge in [-0.1, -0.05) is 6.07 Å². The van der Waals surface area contributed by atoms with E-state index in [1.54, 1.807) is 18.3 Å². The number of aromatic nitrogens is 4. The normalized spacial score (nSPS) is 10.5. The fourth-order valence-electron chi connectivity index (χ4n) is 1.70. The van der Waals surface area contributed by atoms with E-state index in [0.717, 1.165) is 0 Å². The van der Waals surface area contributed by atoms with Crippen molar-refractivity contribution in [3.05, 3.63) is 46.9 Å². The Morgan fingerprint density at radius 1 is 1.32 bits per heavy atom. The maximum absolute atomic E-state index is 10.7. The van der Waals surface area contributed by atoms with E-state index in [1.165, 1.54) is 18.5 Å². The van der Waals surface area contributed by atoms with Crippen molar-refractivity contribution >= 4 is 28.2 Å². The third-order valence-corrected chi connectivity index (χ3v) is 2.57. The van der Waals surface area contributed by atoms with Gasteiger partial charge in [-0.25, -0.2) is 9.97 Å². The molecule has 8 nitrogen and oxygen atoms in total. The number of nitrogens with zero attached hydrogens (tertiary/aromatic N) is 4. The summed E-state index contributed by atoms with van der Waals surface area (Å²) in [6.07, 6.45) is 2.98. The molecule has 0 bridgehead atoms. The highest BCUT2D eigenvalue weighted by Crippen LogP contribution is 2.23. The maximum Gasteiger partial charge on any atom is 0.271 e. The van der Waals surface area contributed by atoms with Crippen molar-refractivity contribution < 1.29 is 4.92 Å². The minimum absolute atomic E-state index is 0.0162. The number of hydrogen-bond acceptors (Lipinski definition) is 6. The van der Waals surface area contributed by atoms with Crippen LogP contribution in [0.2, 0.25) is 0 Å². The SMILES string of the molecule is O=[N+]([O-])c1cccc(Nc2ncnc3[nH]ncc23)c1. The number of fused-ring (bicyclic) bond motifs is 1. The summed E-state index contributed by atoms with van der Waals surface area (Å²) in [4.78, 5) is 18.4. The van der Waals surface area contributed by atoms with Crippen molar-refractivity contribution in [1.29, 1.82) is 0 Å². The Bertz CT molecular complexity index is 754. The fourth-order valence-corrected chi connectivity index (χ4v) is 1.70. The van der Waals surface area contributed by atoms with Gasteiger partial charge in [-0.15, -0.1) is 0 Å². The van der Waals surface area contributed by atoms with Crippen LogP contribution in [-0.4, -0.2) is 25.1 Å². The van der Waals surface area contributed by atoms with E-state index in [2.05, 4.69) is 25.5 Å². The number of hydrogen-bond donors (Lipinski definition) is 2. The Kier molecular flexibility index (Phi) is 2.53. The average molecular weight is 256 g/mol. The van der Waals surface area contributed by atoms with Crippen LogP contribution >= 0.6 is 0 Å². The average Bonchev–Trinajstić information content (AvgIpc) is 2.88. The number of aromatic amines is 1. The smallest absolute Gasteiger partial charge is 0.271 e. The third kappa shape index (κ3) is 2.06. The first-order chi connectivity index (χ1) is 9.24. The lowest BCUT2D eigenvalue weighted by Gasteiger charge is -2.05. The molecule has 2 heterocycles. The molecular formula is C11H8N6O2. The van der Waals surface area contributed by atoms with Crippen molar-refractivity contribution in [2.24, 2.45) is 0 Å². The van der Waals surface area contributed by atoms with Crippen LogP contribution in [0.15, 0.2) is 36.8 Å². The number of nitro groups is 1. The molecule has 0 aliphatic rings. The van der Waals surface area contributed by atoms with E-state index in [-0.39, 0.29) is 5.69 Å². The second-order valence-electron chi connectivity index (χ2n) is 3.79. The largest absolute Gasteiger partial charge is 0.339 e. The zero-order chi connectivity index (χ0) is 13.2. The first kappa shape index (κ1) is 11.1. The van der Waals surface area contributed by atoms with Crippen molar-refractivity contribution in [1.82, 2.24) is 20.2 Å². The van der Waals surface area contributed by atoms with Crippen LogP contribution < -0.4 is 5.32 Å². The number of nitrogens with one attached hydrogen (secondary N) is 2. The van der Waals surface area contributed by atoms with E-state index in [1.807, 2.05) is 0 Å². The third-order valence-electron chi connectivity index (χ3n) is 2.57. The molecule has 2 aromatic heterocycles. The number of nitro benzene ring substituents is 1. The number of rotatable bonds is 3. The van der Waals surface area contributed by atoms with Crippen molar-refractivity contribution in [2.75, 3.05) is 5.32 Å². The molecule has 19 heavy (non-hydrogen) atoms. The molecular weight excluding hydrogens is 248 g/mol. The quantitative estimate of drug-likeness (QED) is 0.547. The zero-order valence-corrected chi connectivity index (χ0v) is 9.57. The van der Waals surface area contributed by atoms with Crippen LogP contribution in [0.4, 0.5) is 17.2 Å². The van der Waals surface area contributed by atoms with E-state index in [4.69, 9.17) is 0 Å². The highest BCUT2D eigenvalue weighted by molar-refractivity contribution is 5.87. The van der Waals surface area contributed by atoms with Gasteiger partial charge < -0.3 is 5.32 Å². The molecule has 0 radical (unpaired) electrons. The lowest BCUT2D eigenvalue weighted by molar-refractivity contribution is -0.384. The number of benzene rings is 1. The molecule has 0 aliphatic carbocycles. The standard InChI is InChI=1S/C11H8N6O2/c18-17(19)8-3-1-2-7(4-8)15-10-9-5-14-16-11(9)13-6-12-10/h1-6H,(H2,12,13,14,15,16). The summed E-state index contributed by atoms with van der Waals surface area (Å²) in [6.45, 7) is 0. The van der Waals surface area contributed by atoms with Crippen LogP contribution in [0, 0.1) is 10.1 Å². The number of anilines is 2. The fraction of sp³-hybridized carbons (Fsp3) is 0. The highest BCUT2D eigenvalue weighted by Gasteiger charge is 2.08. The maximum atomic E-state index is 10.7. The van der Waals surface area contributed by atoms with Crippen molar-refractivity contribution in [2.45, 2.75) is 0 Å². The van der Waals surface area contributed by atoms with Crippen LogP contribution in [-0.2, 0) is 0 Å². The van der Waals surface area contributed by atoms with Crippen LogP contribution in [0.3, 0.4) is 0 Å². The summed E-state index contributed by atoms with van der Waals surface area (Å²) in [5, 5.41) is 21.0. The molecule has 0 aliphatic heterocycles. The van der Waals surface area contributed by atoms with Crippen molar-refractivity contribution in [3.63, 3.8) is 0 Å². The lowest BCUT2D eigenvalue weighted by atomic mass is 10.2. The number of non-ortho nitro benzene ring substituents is 1. The van der Waals surface area contributed by atoms with Gasteiger partial charge in [0, 0.05) is 17.8 Å². The molecule has 0 saturated carbocycles. The van der Waals surface area contributed by atoms with E-state index in [0.29, 0.717) is 22.5 Å². The van der Waals surface area contributed by atoms with Gasteiger partial charge >= 0.3 is 0 Å². The Morgan fingerprint density at radius 3 is 3.05 bits per heavy atom. The topological polar surface area (TPSA) is 110 Å². The van der Waals surface area contributed by atoms with Gasteiger partial charge in [-0.3, -0.25) is 15.2 Å². The van der Waals surface area contributed by atoms with E-state index in [9.17, 15) is 10.1 Å². The minimum Gasteiger partial charge on any atom is -0.339 e. The van der Waals surface area contributed by atoms with Gasteiger partial charge in [0.25, 0.3) is 5.69 Å². The number of H-pyrrole nitrogens is 1. The van der Waals surface area contributed by atoms with E-state index >= 15 is 0 Å². The van der Waals surface area contributed by atoms with Gasteiger partial charge in [-0.05, 0) is 6.07 Å². The van der Waals surface area contributed by atoms with Gasteiger partial charge in [0.05, 0.1) is 16.5 Å². The molecule has 3 rings (SSSR count). The molecule has 0 saturated heterocycles. The second-order valence-corrected chi connectivity index (χ2v) is 3.79. The molecule has 0 fully saturated rings. The minimum atomic E-state index is -0.446. The highest BCUT2D eigenvalue weighted by atomic mass is 16.6. The first-order valence-corrected chi connectivity index (χ1v) is 5.39. The van der Waals surface area contributed by atoms with E-state index < -0.39 is 4.92 Å². The molecule has 94 valence electrons. The molecule has 0 spiro atoms. The van der Waals surface area contributed by atoms with Crippen LogP contribution in [0.25, 0.3) is 11.0 Å². The van der Waals surface area contributed by atoms with Crippen LogP contribution in [0.5, 0.6) is 0 Å². The molecule has 8 heteroatoms. The first-order valence-electron chi connectivity index (χ1n) is 5.39. The summed E-state index contributed by atoms with van der Waals surface area (Å²) >= 11 is 0. The summed E-state index contributed by atoms with van der Waals surface area (Å²) in [6, 6.07) is 6.20. The monoisotopic (exact) mass is 256 g/mol. The summed E-state index contributed by atoms with van der Waals surface area (Å²) in [5.41, 5.74) is 1.20. The Balaban J connectivity index is 1.99. The van der Waals surface area contributed by atoms with Crippen LogP contribution in [0.1, 0.15) is 0 Å². The Hall–Kier alpha value is -3.03. The summed E-state index contributed by atoms with van der Waals surface area (Å²) < 4.78 is 0. The Labute approximate surface area is 106 Å². The molecule has 0 atom stereocenters. The van der Waals surface area contributed by atoms with Gasteiger partial charge in [0.15, 0.2) is 5.65 Å². The molecule has 3 aromatic rings.